The first kappa shape index (κ1) is 13.5. The molecule has 1 aromatic rings. The lowest BCUT2D eigenvalue weighted by Crippen LogP contribution is -2.22. The summed E-state index contributed by atoms with van der Waals surface area (Å²) >= 11 is 3.28. The highest BCUT2D eigenvalue weighted by atomic mass is 79.9. The van der Waals surface area contributed by atoms with Crippen molar-refractivity contribution in [3.63, 3.8) is 0 Å². The van der Waals surface area contributed by atoms with Gasteiger partial charge in [-0.15, -0.1) is 0 Å². The fourth-order valence-corrected chi connectivity index (χ4v) is 2.04. The molecule has 0 saturated carbocycles. The highest BCUT2D eigenvalue weighted by Crippen LogP contribution is 2.30. The largest absolute Gasteiger partial charge is 0.496 e. The van der Waals surface area contributed by atoms with Crippen LogP contribution in [-0.4, -0.2) is 25.1 Å². The van der Waals surface area contributed by atoms with E-state index in [9.17, 15) is 4.39 Å². The average Bonchev–Trinajstić information content (AvgIpc) is 2.31. The molecule has 1 aromatic carbocycles. The Bertz CT molecular complexity index is 353. The maximum Gasteiger partial charge on any atom is 0.137 e. The molecule has 0 aliphatic carbocycles. The third kappa shape index (κ3) is 2.95. The van der Waals surface area contributed by atoms with Crippen molar-refractivity contribution in [2.24, 2.45) is 0 Å². The maximum absolute atomic E-state index is 13.4. The number of rotatable bonds is 5. The summed E-state index contributed by atoms with van der Waals surface area (Å²) in [5, 5.41) is 0. The Morgan fingerprint density at radius 3 is 2.44 bits per heavy atom. The molecular weight excluding hydrogens is 273 g/mol. The second-order valence-corrected chi connectivity index (χ2v) is 4.30. The molecule has 0 N–H and O–H groups in total. The molecule has 0 unspecified atom stereocenters. The van der Waals surface area contributed by atoms with Crippen LogP contribution in [0.4, 0.5) is 4.39 Å². The summed E-state index contributed by atoms with van der Waals surface area (Å²) in [6.45, 7) is 6.73. The van der Waals surface area contributed by atoms with Crippen LogP contribution in [0.5, 0.6) is 5.75 Å². The molecule has 0 heterocycles. The average molecular weight is 290 g/mol. The first-order valence-electron chi connectivity index (χ1n) is 5.37. The molecule has 0 aliphatic heterocycles. The minimum absolute atomic E-state index is 0.247. The summed E-state index contributed by atoms with van der Waals surface area (Å²) in [6, 6.07) is 3.08. The summed E-state index contributed by atoms with van der Waals surface area (Å²) < 4.78 is 19.2. The van der Waals surface area contributed by atoms with Crippen LogP contribution < -0.4 is 4.74 Å². The van der Waals surface area contributed by atoms with Crippen molar-refractivity contribution >= 4 is 15.9 Å². The Morgan fingerprint density at radius 1 is 1.31 bits per heavy atom. The van der Waals surface area contributed by atoms with E-state index in [2.05, 4.69) is 34.7 Å². The van der Waals surface area contributed by atoms with Gasteiger partial charge < -0.3 is 4.74 Å². The van der Waals surface area contributed by atoms with Crippen molar-refractivity contribution in [1.29, 1.82) is 0 Å². The monoisotopic (exact) mass is 289 g/mol. The van der Waals surface area contributed by atoms with Crippen molar-refractivity contribution in [3.05, 3.63) is 28.0 Å². The molecular formula is C12H17BrFNO. The Labute approximate surface area is 105 Å². The van der Waals surface area contributed by atoms with Gasteiger partial charge in [-0.1, -0.05) is 13.8 Å². The van der Waals surface area contributed by atoms with Crippen LogP contribution in [0, 0.1) is 5.82 Å². The van der Waals surface area contributed by atoms with Crippen LogP contribution in [0.3, 0.4) is 0 Å². The zero-order valence-electron chi connectivity index (χ0n) is 9.89. The number of hydrogen-bond donors (Lipinski definition) is 0. The van der Waals surface area contributed by atoms with E-state index in [-0.39, 0.29) is 5.82 Å². The third-order valence-electron chi connectivity index (χ3n) is 2.65. The smallest absolute Gasteiger partial charge is 0.137 e. The predicted molar refractivity (Wildman–Crippen MR) is 67.3 cm³/mol. The molecule has 0 amide bonds. The minimum atomic E-state index is -0.247. The summed E-state index contributed by atoms with van der Waals surface area (Å²) in [6.07, 6.45) is 0. The number of benzene rings is 1. The second-order valence-electron chi connectivity index (χ2n) is 3.50. The third-order valence-corrected chi connectivity index (χ3v) is 3.51. The minimum Gasteiger partial charge on any atom is -0.496 e. The van der Waals surface area contributed by atoms with Gasteiger partial charge in [-0.3, -0.25) is 4.90 Å². The first-order chi connectivity index (χ1) is 7.63. The number of halogens is 2. The van der Waals surface area contributed by atoms with Gasteiger partial charge in [0.25, 0.3) is 0 Å². The molecule has 1 rings (SSSR count). The number of ether oxygens (including phenoxy) is 1. The second kappa shape index (κ2) is 6.21. The van der Waals surface area contributed by atoms with Gasteiger partial charge in [-0.25, -0.2) is 4.39 Å². The topological polar surface area (TPSA) is 12.5 Å². The molecule has 2 nitrogen and oxygen atoms in total. The van der Waals surface area contributed by atoms with Gasteiger partial charge in [0.15, 0.2) is 0 Å². The van der Waals surface area contributed by atoms with Crippen molar-refractivity contribution in [2.45, 2.75) is 20.4 Å². The van der Waals surface area contributed by atoms with Gasteiger partial charge in [0.05, 0.1) is 11.6 Å². The summed E-state index contributed by atoms with van der Waals surface area (Å²) in [5.74, 6) is 0.475. The van der Waals surface area contributed by atoms with E-state index in [4.69, 9.17) is 4.74 Å². The van der Waals surface area contributed by atoms with E-state index < -0.39 is 0 Å². The van der Waals surface area contributed by atoms with Crippen molar-refractivity contribution in [2.75, 3.05) is 20.2 Å². The first-order valence-corrected chi connectivity index (χ1v) is 6.16. The van der Waals surface area contributed by atoms with Gasteiger partial charge in [0.1, 0.15) is 11.6 Å². The molecule has 0 aromatic heterocycles. The van der Waals surface area contributed by atoms with Crippen LogP contribution in [0.1, 0.15) is 19.4 Å². The molecule has 4 heteroatoms. The van der Waals surface area contributed by atoms with E-state index in [0.29, 0.717) is 11.0 Å². The maximum atomic E-state index is 13.4. The molecule has 0 atom stereocenters. The van der Waals surface area contributed by atoms with Crippen LogP contribution >= 0.6 is 15.9 Å². The highest BCUT2D eigenvalue weighted by Gasteiger charge is 2.14. The van der Waals surface area contributed by atoms with Gasteiger partial charge in [-0.05, 0) is 41.2 Å². The molecule has 0 bridgehead atoms. The summed E-state index contributed by atoms with van der Waals surface area (Å²) in [7, 11) is 1.60. The molecule has 0 aliphatic rings. The van der Waals surface area contributed by atoms with Crippen LogP contribution in [0.25, 0.3) is 0 Å². The number of nitrogens with zero attached hydrogens (tertiary/aromatic N) is 1. The lowest BCUT2D eigenvalue weighted by Gasteiger charge is -2.20. The SMILES string of the molecule is CCN(CC)Cc1c(OC)ccc(F)c1Br. The summed E-state index contributed by atoms with van der Waals surface area (Å²) in [4.78, 5) is 2.21. The Balaban J connectivity index is 3.04. The lowest BCUT2D eigenvalue weighted by atomic mass is 10.2. The number of hydrogen-bond acceptors (Lipinski definition) is 2. The predicted octanol–water partition coefficient (Wildman–Crippen LogP) is 3.44. The normalized spacial score (nSPS) is 10.9. The quantitative estimate of drug-likeness (QED) is 0.823. The molecule has 0 spiro atoms. The Morgan fingerprint density at radius 2 is 1.94 bits per heavy atom. The van der Waals surface area contributed by atoms with E-state index in [0.717, 1.165) is 24.4 Å². The molecule has 0 radical (unpaired) electrons. The summed E-state index contributed by atoms with van der Waals surface area (Å²) in [5.41, 5.74) is 0.867. The molecule has 0 saturated heterocycles. The Kier molecular flexibility index (Phi) is 5.22. The lowest BCUT2D eigenvalue weighted by molar-refractivity contribution is 0.288. The highest BCUT2D eigenvalue weighted by molar-refractivity contribution is 9.10. The van der Waals surface area contributed by atoms with Crippen molar-refractivity contribution in [3.8, 4) is 5.75 Å². The van der Waals surface area contributed by atoms with Gasteiger partial charge in [0, 0.05) is 12.1 Å². The van der Waals surface area contributed by atoms with Crippen molar-refractivity contribution < 1.29 is 9.13 Å². The number of methoxy groups -OCH3 is 1. The molecule has 90 valence electrons. The van der Waals surface area contributed by atoms with Crippen LogP contribution in [-0.2, 0) is 6.54 Å². The van der Waals surface area contributed by atoms with Crippen LogP contribution in [0.2, 0.25) is 0 Å². The van der Waals surface area contributed by atoms with Gasteiger partial charge in [-0.2, -0.15) is 0 Å². The van der Waals surface area contributed by atoms with Crippen molar-refractivity contribution in [1.82, 2.24) is 4.90 Å². The zero-order valence-corrected chi connectivity index (χ0v) is 11.5. The van der Waals surface area contributed by atoms with E-state index in [1.54, 1.807) is 13.2 Å². The standard InChI is InChI=1S/C12H17BrFNO/c1-4-15(5-2)8-9-11(16-3)7-6-10(14)12(9)13/h6-7H,4-5,8H2,1-3H3. The fraction of sp³-hybridized carbons (Fsp3) is 0.500. The fourth-order valence-electron chi connectivity index (χ4n) is 1.58. The molecule has 0 fully saturated rings. The van der Waals surface area contributed by atoms with Gasteiger partial charge in [0.2, 0.25) is 0 Å². The van der Waals surface area contributed by atoms with E-state index in [1.807, 2.05) is 0 Å². The van der Waals surface area contributed by atoms with E-state index >= 15 is 0 Å². The Hall–Kier alpha value is -0.610. The van der Waals surface area contributed by atoms with E-state index in [1.165, 1.54) is 6.07 Å². The zero-order chi connectivity index (χ0) is 12.1. The molecule has 16 heavy (non-hydrogen) atoms. The van der Waals surface area contributed by atoms with Crippen LogP contribution in [0.15, 0.2) is 16.6 Å². The van der Waals surface area contributed by atoms with Gasteiger partial charge >= 0.3 is 0 Å².